The number of hydrogen-bond acceptors (Lipinski definition) is 2. The van der Waals surface area contributed by atoms with Crippen molar-refractivity contribution >= 4 is 0 Å². The molecule has 1 rings (SSSR count). The third kappa shape index (κ3) is 6.69. The van der Waals surface area contributed by atoms with E-state index in [9.17, 15) is 0 Å². The van der Waals surface area contributed by atoms with Crippen LogP contribution in [0.25, 0.3) is 0 Å². The molecule has 0 aliphatic carbocycles. The maximum atomic E-state index is 3.86. The lowest BCUT2D eigenvalue weighted by molar-refractivity contribution is 0.0750. The van der Waals surface area contributed by atoms with Gasteiger partial charge in [-0.05, 0) is 71.0 Å². The minimum absolute atomic E-state index is 0.269. The van der Waals surface area contributed by atoms with Crippen LogP contribution in [0.4, 0.5) is 0 Å². The van der Waals surface area contributed by atoms with Gasteiger partial charge in [0, 0.05) is 11.6 Å². The quantitative estimate of drug-likeness (QED) is 0.723. The zero-order chi connectivity index (χ0) is 15.9. The smallest absolute Gasteiger partial charge is 0.0306 e. The van der Waals surface area contributed by atoms with Crippen LogP contribution in [0.2, 0.25) is 0 Å². The molecule has 0 aromatic heterocycles. The van der Waals surface area contributed by atoms with Crippen LogP contribution in [-0.2, 0) is 0 Å². The molecule has 1 atom stereocenters. The van der Waals surface area contributed by atoms with Gasteiger partial charge in [0.15, 0.2) is 0 Å². The van der Waals surface area contributed by atoms with Gasteiger partial charge >= 0.3 is 0 Å². The molecule has 0 amide bonds. The third-order valence-corrected chi connectivity index (χ3v) is 5.10. The first-order valence-corrected chi connectivity index (χ1v) is 9.26. The Labute approximate surface area is 134 Å². The molecule has 1 heterocycles. The van der Waals surface area contributed by atoms with E-state index < -0.39 is 0 Å². The summed E-state index contributed by atoms with van der Waals surface area (Å²) in [5.41, 5.74) is 0.700. The second kappa shape index (κ2) is 8.53. The first-order chi connectivity index (χ1) is 9.77. The van der Waals surface area contributed by atoms with Gasteiger partial charge in [-0.2, -0.15) is 0 Å². The fourth-order valence-corrected chi connectivity index (χ4v) is 3.47. The Balaban J connectivity index is 2.72. The largest absolute Gasteiger partial charge is 0.312 e. The topological polar surface area (TPSA) is 15.3 Å². The summed E-state index contributed by atoms with van der Waals surface area (Å²) in [7, 11) is 0. The Kier molecular flexibility index (Phi) is 7.70. The molecule has 0 saturated carbocycles. The van der Waals surface area contributed by atoms with E-state index in [-0.39, 0.29) is 5.54 Å². The van der Waals surface area contributed by atoms with Gasteiger partial charge in [-0.25, -0.2) is 0 Å². The second-order valence-corrected chi connectivity index (χ2v) is 8.66. The first kappa shape index (κ1) is 19.0. The third-order valence-electron chi connectivity index (χ3n) is 5.10. The number of nitrogens with zero attached hydrogens (tertiary/aromatic N) is 1. The van der Waals surface area contributed by atoms with Gasteiger partial charge < -0.3 is 5.32 Å². The molecule has 0 spiro atoms. The minimum atomic E-state index is 0.269. The van der Waals surface area contributed by atoms with E-state index in [1.807, 2.05) is 0 Å². The number of hydrogen-bond donors (Lipinski definition) is 1. The van der Waals surface area contributed by atoms with E-state index >= 15 is 0 Å². The standard InChI is InChI=1S/C19H40N2/c1-7-14-20-17(12-13-18(2,3)4)19(5,6)21-15-10-8-9-11-16-21/h17,20H,7-16H2,1-6H3. The summed E-state index contributed by atoms with van der Waals surface area (Å²) >= 11 is 0. The average molecular weight is 297 g/mol. The molecule has 0 bridgehead atoms. The van der Waals surface area contributed by atoms with Gasteiger partial charge in [0.1, 0.15) is 0 Å². The second-order valence-electron chi connectivity index (χ2n) is 8.66. The van der Waals surface area contributed by atoms with E-state index in [1.165, 1.54) is 58.0 Å². The molecule has 21 heavy (non-hydrogen) atoms. The van der Waals surface area contributed by atoms with Crippen LogP contribution in [0.3, 0.4) is 0 Å². The molecule has 1 unspecified atom stereocenters. The highest BCUT2D eigenvalue weighted by atomic mass is 15.2. The molecular weight excluding hydrogens is 256 g/mol. The normalized spacial score (nSPS) is 20.3. The first-order valence-electron chi connectivity index (χ1n) is 9.26. The summed E-state index contributed by atoms with van der Waals surface area (Å²) in [4.78, 5) is 2.76. The van der Waals surface area contributed by atoms with Crippen molar-refractivity contribution in [3.05, 3.63) is 0 Å². The van der Waals surface area contributed by atoms with Crippen molar-refractivity contribution in [3.8, 4) is 0 Å². The Morgan fingerprint density at radius 2 is 1.52 bits per heavy atom. The van der Waals surface area contributed by atoms with Crippen LogP contribution in [0, 0.1) is 5.41 Å². The molecule has 2 heteroatoms. The number of likely N-dealkylation sites (tertiary alicyclic amines) is 1. The summed E-state index contributed by atoms with van der Waals surface area (Å²) in [5, 5.41) is 3.86. The van der Waals surface area contributed by atoms with Crippen LogP contribution >= 0.6 is 0 Å². The molecule has 1 aliphatic heterocycles. The molecule has 1 aliphatic rings. The predicted octanol–water partition coefficient (Wildman–Crippen LogP) is 4.84. The van der Waals surface area contributed by atoms with Crippen molar-refractivity contribution in [2.45, 2.75) is 98.1 Å². The predicted molar refractivity (Wildman–Crippen MR) is 94.9 cm³/mol. The molecule has 1 saturated heterocycles. The molecule has 2 nitrogen and oxygen atoms in total. The maximum Gasteiger partial charge on any atom is 0.0306 e. The highest BCUT2D eigenvalue weighted by molar-refractivity contribution is 4.94. The monoisotopic (exact) mass is 296 g/mol. The fourth-order valence-electron chi connectivity index (χ4n) is 3.47. The summed E-state index contributed by atoms with van der Waals surface area (Å²) in [6, 6.07) is 0.606. The lowest BCUT2D eigenvalue weighted by Gasteiger charge is -2.45. The number of nitrogens with one attached hydrogen (secondary N) is 1. The Morgan fingerprint density at radius 1 is 0.952 bits per heavy atom. The van der Waals surface area contributed by atoms with Crippen molar-refractivity contribution in [3.63, 3.8) is 0 Å². The highest BCUT2D eigenvalue weighted by Crippen LogP contribution is 2.29. The summed E-state index contributed by atoms with van der Waals surface area (Å²) in [5.74, 6) is 0. The van der Waals surface area contributed by atoms with Crippen LogP contribution < -0.4 is 5.32 Å². The van der Waals surface area contributed by atoms with Crippen LogP contribution in [0.15, 0.2) is 0 Å². The van der Waals surface area contributed by atoms with Crippen LogP contribution in [-0.4, -0.2) is 36.1 Å². The van der Waals surface area contributed by atoms with Crippen molar-refractivity contribution in [2.75, 3.05) is 19.6 Å². The summed E-state index contributed by atoms with van der Waals surface area (Å²) < 4.78 is 0. The average Bonchev–Trinajstić information content (AvgIpc) is 2.66. The van der Waals surface area contributed by atoms with Gasteiger partial charge in [-0.15, -0.1) is 0 Å². The Bertz CT molecular complexity index is 270. The van der Waals surface area contributed by atoms with Gasteiger partial charge in [0.05, 0.1) is 0 Å². The van der Waals surface area contributed by atoms with Gasteiger partial charge in [0.25, 0.3) is 0 Å². The zero-order valence-electron chi connectivity index (χ0n) is 15.6. The molecule has 126 valence electrons. The lowest BCUT2D eigenvalue weighted by atomic mass is 9.82. The van der Waals surface area contributed by atoms with Crippen molar-refractivity contribution in [1.82, 2.24) is 10.2 Å². The maximum absolute atomic E-state index is 3.86. The molecule has 0 aromatic rings. The van der Waals surface area contributed by atoms with Gasteiger partial charge in [0.2, 0.25) is 0 Å². The molecule has 0 radical (unpaired) electrons. The van der Waals surface area contributed by atoms with Crippen molar-refractivity contribution in [1.29, 1.82) is 0 Å². The Morgan fingerprint density at radius 3 is 2.00 bits per heavy atom. The molecule has 1 fully saturated rings. The fraction of sp³-hybridized carbons (Fsp3) is 1.00. The Hall–Kier alpha value is -0.0800. The van der Waals surface area contributed by atoms with E-state index in [0.29, 0.717) is 11.5 Å². The highest BCUT2D eigenvalue weighted by Gasteiger charge is 2.35. The summed E-state index contributed by atoms with van der Waals surface area (Å²) in [6.45, 7) is 18.0. The number of rotatable bonds is 7. The van der Waals surface area contributed by atoms with E-state index in [0.717, 1.165) is 6.54 Å². The molecule has 0 aromatic carbocycles. The van der Waals surface area contributed by atoms with E-state index in [2.05, 4.69) is 51.8 Å². The van der Waals surface area contributed by atoms with Gasteiger partial charge in [-0.3, -0.25) is 4.90 Å². The van der Waals surface area contributed by atoms with Crippen molar-refractivity contribution < 1.29 is 0 Å². The summed E-state index contributed by atoms with van der Waals surface area (Å²) in [6.07, 6.45) is 9.40. The molecule has 1 N–H and O–H groups in total. The van der Waals surface area contributed by atoms with Gasteiger partial charge in [-0.1, -0.05) is 40.5 Å². The molecular formula is C19H40N2. The zero-order valence-corrected chi connectivity index (χ0v) is 15.6. The lowest BCUT2D eigenvalue weighted by Crippen LogP contribution is -2.58. The van der Waals surface area contributed by atoms with Crippen LogP contribution in [0.5, 0.6) is 0 Å². The van der Waals surface area contributed by atoms with E-state index in [4.69, 9.17) is 0 Å². The van der Waals surface area contributed by atoms with E-state index in [1.54, 1.807) is 0 Å². The van der Waals surface area contributed by atoms with Crippen molar-refractivity contribution in [2.24, 2.45) is 5.41 Å². The SMILES string of the molecule is CCCNC(CCC(C)(C)C)C(C)(C)N1CCCCCC1. The van der Waals surface area contributed by atoms with Crippen LogP contribution in [0.1, 0.15) is 86.5 Å². The minimum Gasteiger partial charge on any atom is -0.312 e.